The van der Waals surface area contributed by atoms with Crippen LogP contribution in [0.15, 0.2) is 18.2 Å². The first kappa shape index (κ1) is 10.2. The molecule has 0 aliphatic rings. The second-order valence-electron chi connectivity index (χ2n) is 3.27. The molecule has 1 aromatic carbocycles. The van der Waals surface area contributed by atoms with Crippen molar-refractivity contribution in [3.8, 4) is 0 Å². The summed E-state index contributed by atoms with van der Waals surface area (Å²) in [6, 6.07) is 4.31. The lowest BCUT2D eigenvalue weighted by atomic mass is 9.74. The zero-order valence-electron chi connectivity index (χ0n) is 7.66. The van der Waals surface area contributed by atoms with Crippen LogP contribution >= 0.6 is 0 Å². The van der Waals surface area contributed by atoms with Gasteiger partial charge in [0.15, 0.2) is 0 Å². The van der Waals surface area contributed by atoms with Gasteiger partial charge in [-0.2, -0.15) is 0 Å². The predicted octanol–water partition coefficient (Wildman–Crippen LogP) is 0.629. The van der Waals surface area contributed by atoms with Gasteiger partial charge in [-0.3, -0.25) is 0 Å². The summed E-state index contributed by atoms with van der Waals surface area (Å²) in [6.07, 6.45) is 0. The number of hydrogen-bond acceptors (Lipinski definition) is 2. The molecule has 4 heteroatoms. The summed E-state index contributed by atoms with van der Waals surface area (Å²) in [5.74, 6) is -0.446. The first-order valence-electron chi connectivity index (χ1n) is 4.18. The van der Waals surface area contributed by atoms with Crippen LogP contribution in [0, 0.1) is 5.82 Å². The number of halogens is 1. The summed E-state index contributed by atoms with van der Waals surface area (Å²) >= 11 is 0. The quantitative estimate of drug-likeness (QED) is 0.658. The van der Waals surface area contributed by atoms with E-state index < -0.39 is 7.12 Å². The molecule has 0 saturated heterocycles. The Kier molecular flexibility index (Phi) is 3.06. The second kappa shape index (κ2) is 3.90. The van der Waals surface area contributed by atoms with Gasteiger partial charge in [-0.05, 0) is 23.0 Å². The molecule has 70 valence electrons. The van der Waals surface area contributed by atoms with Gasteiger partial charge in [-0.1, -0.05) is 26.0 Å². The first-order valence-corrected chi connectivity index (χ1v) is 4.18. The molecule has 0 unspecified atom stereocenters. The minimum absolute atomic E-state index is 0.0574. The molecule has 0 bridgehead atoms. The molecule has 0 radical (unpaired) electrons. The van der Waals surface area contributed by atoms with Gasteiger partial charge in [0.1, 0.15) is 5.82 Å². The largest absolute Gasteiger partial charge is 0.488 e. The summed E-state index contributed by atoms with van der Waals surface area (Å²) in [6.45, 7) is 3.62. The van der Waals surface area contributed by atoms with Crippen molar-refractivity contribution >= 4 is 12.6 Å². The minimum atomic E-state index is -1.60. The molecule has 0 saturated carbocycles. The molecule has 2 nitrogen and oxygen atoms in total. The van der Waals surface area contributed by atoms with Gasteiger partial charge in [-0.15, -0.1) is 0 Å². The average Bonchev–Trinajstić information content (AvgIpc) is 2.02. The molecule has 0 aromatic heterocycles. The lowest BCUT2D eigenvalue weighted by molar-refractivity contribution is 0.424. The van der Waals surface area contributed by atoms with E-state index in [1.54, 1.807) is 0 Å². The Labute approximate surface area is 77.2 Å². The van der Waals surface area contributed by atoms with Gasteiger partial charge < -0.3 is 10.0 Å². The van der Waals surface area contributed by atoms with Crippen LogP contribution in [0.5, 0.6) is 0 Å². The fourth-order valence-electron chi connectivity index (χ4n) is 1.39. The SMILES string of the molecule is CC(C)c1c(F)cccc1B(O)O. The van der Waals surface area contributed by atoms with Crippen molar-refractivity contribution in [2.75, 3.05) is 0 Å². The van der Waals surface area contributed by atoms with Crippen molar-refractivity contribution in [3.05, 3.63) is 29.6 Å². The van der Waals surface area contributed by atoms with Crippen molar-refractivity contribution < 1.29 is 14.4 Å². The lowest BCUT2D eigenvalue weighted by Crippen LogP contribution is -2.34. The third-order valence-electron chi connectivity index (χ3n) is 1.94. The molecule has 0 heterocycles. The van der Waals surface area contributed by atoms with Crippen molar-refractivity contribution in [2.45, 2.75) is 19.8 Å². The maximum atomic E-state index is 13.2. The van der Waals surface area contributed by atoms with Gasteiger partial charge in [0.2, 0.25) is 0 Å². The van der Waals surface area contributed by atoms with Crippen LogP contribution in [-0.4, -0.2) is 17.2 Å². The molecule has 0 aliphatic heterocycles. The third kappa shape index (κ3) is 2.08. The topological polar surface area (TPSA) is 40.5 Å². The van der Waals surface area contributed by atoms with Crippen LogP contribution in [0.25, 0.3) is 0 Å². The van der Waals surface area contributed by atoms with E-state index in [4.69, 9.17) is 10.0 Å². The Balaban J connectivity index is 3.26. The fraction of sp³-hybridized carbons (Fsp3) is 0.333. The number of hydrogen-bond donors (Lipinski definition) is 2. The zero-order chi connectivity index (χ0) is 10.0. The van der Waals surface area contributed by atoms with E-state index in [1.165, 1.54) is 18.2 Å². The van der Waals surface area contributed by atoms with Crippen LogP contribution in [0.1, 0.15) is 25.3 Å². The molecule has 0 fully saturated rings. The Morgan fingerprint density at radius 2 is 1.92 bits per heavy atom. The van der Waals surface area contributed by atoms with Crippen molar-refractivity contribution in [3.63, 3.8) is 0 Å². The van der Waals surface area contributed by atoms with Crippen LogP contribution < -0.4 is 5.46 Å². The monoisotopic (exact) mass is 182 g/mol. The lowest BCUT2D eigenvalue weighted by Gasteiger charge is -2.12. The van der Waals surface area contributed by atoms with Crippen molar-refractivity contribution in [2.24, 2.45) is 0 Å². The highest BCUT2D eigenvalue weighted by atomic mass is 19.1. The van der Waals surface area contributed by atoms with Crippen molar-refractivity contribution in [1.29, 1.82) is 0 Å². The molecule has 0 amide bonds. The van der Waals surface area contributed by atoms with Crippen LogP contribution in [-0.2, 0) is 0 Å². The van der Waals surface area contributed by atoms with Crippen LogP contribution in [0.3, 0.4) is 0 Å². The molecular formula is C9H12BFO2. The minimum Gasteiger partial charge on any atom is -0.423 e. The van der Waals surface area contributed by atoms with E-state index >= 15 is 0 Å². The molecule has 13 heavy (non-hydrogen) atoms. The van der Waals surface area contributed by atoms with Crippen LogP contribution in [0.4, 0.5) is 4.39 Å². The third-order valence-corrected chi connectivity index (χ3v) is 1.94. The summed E-state index contributed by atoms with van der Waals surface area (Å²) in [5.41, 5.74) is 0.618. The van der Waals surface area contributed by atoms with Gasteiger partial charge in [-0.25, -0.2) is 4.39 Å². The average molecular weight is 182 g/mol. The Morgan fingerprint density at radius 1 is 1.31 bits per heavy atom. The predicted molar refractivity (Wildman–Crippen MR) is 50.3 cm³/mol. The number of rotatable bonds is 2. The maximum Gasteiger partial charge on any atom is 0.488 e. The molecule has 1 aromatic rings. The fourth-order valence-corrected chi connectivity index (χ4v) is 1.39. The standard InChI is InChI=1S/C9H12BFO2/c1-6(2)9-7(10(12)13)4-3-5-8(9)11/h3-6,12-13H,1-2H3. The number of benzene rings is 1. The normalized spacial score (nSPS) is 10.6. The molecule has 0 aliphatic carbocycles. The molecule has 0 spiro atoms. The molecule has 1 rings (SSSR count). The van der Waals surface area contributed by atoms with Gasteiger partial charge in [0.25, 0.3) is 0 Å². The Morgan fingerprint density at radius 3 is 2.31 bits per heavy atom. The Hall–Kier alpha value is -0.865. The summed E-state index contributed by atoms with van der Waals surface area (Å²) in [5, 5.41) is 17.9. The molecule has 2 N–H and O–H groups in total. The van der Waals surface area contributed by atoms with Crippen molar-refractivity contribution in [1.82, 2.24) is 0 Å². The first-order chi connectivity index (χ1) is 6.04. The Bertz CT molecular complexity index is 300. The molecular weight excluding hydrogens is 170 g/mol. The second-order valence-corrected chi connectivity index (χ2v) is 3.27. The highest BCUT2D eigenvalue weighted by molar-refractivity contribution is 6.59. The van der Waals surface area contributed by atoms with E-state index in [9.17, 15) is 4.39 Å². The highest BCUT2D eigenvalue weighted by Gasteiger charge is 2.20. The van der Waals surface area contributed by atoms with E-state index in [1.807, 2.05) is 13.8 Å². The van der Waals surface area contributed by atoms with E-state index in [0.29, 0.717) is 5.56 Å². The van der Waals surface area contributed by atoms with Gasteiger partial charge in [0, 0.05) is 0 Å². The van der Waals surface area contributed by atoms with E-state index in [2.05, 4.69) is 0 Å². The van der Waals surface area contributed by atoms with E-state index in [-0.39, 0.29) is 17.2 Å². The highest BCUT2D eigenvalue weighted by Crippen LogP contribution is 2.15. The molecule has 0 atom stereocenters. The van der Waals surface area contributed by atoms with Gasteiger partial charge >= 0.3 is 7.12 Å². The van der Waals surface area contributed by atoms with Gasteiger partial charge in [0.05, 0.1) is 0 Å². The summed E-state index contributed by atoms with van der Waals surface area (Å²) in [4.78, 5) is 0. The summed E-state index contributed by atoms with van der Waals surface area (Å²) in [7, 11) is -1.60. The zero-order valence-corrected chi connectivity index (χ0v) is 7.66. The van der Waals surface area contributed by atoms with E-state index in [0.717, 1.165) is 0 Å². The smallest absolute Gasteiger partial charge is 0.423 e. The summed E-state index contributed by atoms with van der Waals surface area (Å²) < 4.78 is 13.2. The van der Waals surface area contributed by atoms with Crippen LogP contribution in [0.2, 0.25) is 0 Å². The maximum absolute atomic E-state index is 13.2.